The van der Waals surface area contributed by atoms with Crippen LogP contribution in [-0.2, 0) is 31.6 Å². The topological polar surface area (TPSA) is 104 Å². The summed E-state index contributed by atoms with van der Waals surface area (Å²) in [7, 11) is -3.50. The van der Waals surface area contributed by atoms with Crippen LogP contribution in [0.2, 0.25) is 0 Å². The smallest absolute Gasteiger partial charge is 0.376 e. The van der Waals surface area contributed by atoms with Crippen LogP contribution in [-0.4, -0.2) is 42.7 Å². The second-order valence-electron chi connectivity index (χ2n) is 10.2. The number of anilines is 1. The molecular weight excluding hydrogens is 497 g/mol. The third-order valence-corrected chi connectivity index (χ3v) is 8.12. The Morgan fingerprint density at radius 3 is 2.28 bits per heavy atom. The Labute approximate surface area is 207 Å². The number of alkyl halides is 3. The Hall–Kier alpha value is -2.92. The van der Waals surface area contributed by atoms with Crippen molar-refractivity contribution >= 4 is 27.3 Å². The second-order valence-corrected chi connectivity index (χ2v) is 12.2. The molecule has 1 aliphatic carbocycles. The first-order valence-corrected chi connectivity index (χ1v) is 13.2. The van der Waals surface area contributed by atoms with Crippen LogP contribution >= 0.6 is 0 Å². The fourth-order valence-electron chi connectivity index (χ4n) is 4.28. The first-order chi connectivity index (χ1) is 16.5. The molecule has 0 spiro atoms. The molecule has 2 aromatic rings. The van der Waals surface area contributed by atoms with Crippen molar-refractivity contribution in [2.75, 3.05) is 11.6 Å². The molecule has 2 atom stereocenters. The predicted molar refractivity (Wildman–Crippen MR) is 125 cm³/mol. The fraction of sp³-hybridized carbons (Fsp3) is 0.440. The van der Waals surface area contributed by atoms with Crippen LogP contribution in [0.15, 0.2) is 47.4 Å². The maximum atomic E-state index is 13.3. The van der Waals surface area contributed by atoms with Crippen molar-refractivity contribution in [2.24, 2.45) is 5.41 Å². The van der Waals surface area contributed by atoms with E-state index < -0.39 is 33.6 Å². The third-order valence-electron chi connectivity index (χ3n) is 7.01. The Bertz CT molecular complexity index is 1320. The van der Waals surface area contributed by atoms with Crippen molar-refractivity contribution in [1.29, 1.82) is 0 Å². The number of fused-ring (bicyclic) bond motifs is 1. The highest BCUT2D eigenvalue weighted by molar-refractivity contribution is 7.90. The van der Waals surface area contributed by atoms with Crippen LogP contribution < -0.4 is 5.32 Å². The maximum absolute atomic E-state index is 13.3. The molecule has 2 unspecified atom stereocenters. The minimum Gasteiger partial charge on any atom is -0.376 e. The summed E-state index contributed by atoms with van der Waals surface area (Å²) in [5, 5.41) is 12.5. The summed E-state index contributed by atoms with van der Waals surface area (Å²) in [5.74, 6) is -0.811. The lowest BCUT2D eigenvalue weighted by Gasteiger charge is -2.27. The summed E-state index contributed by atoms with van der Waals surface area (Å²) in [5.41, 5.74) is -2.34. The number of hydrogen-bond acceptors (Lipinski definition) is 5. The number of benzene rings is 2. The number of carbonyl (C=O) groups excluding carboxylic acids is 2. The van der Waals surface area contributed by atoms with Gasteiger partial charge in [0.1, 0.15) is 6.04 Å². The van der Waals surface area contributed by atoms with Crippen LogP contribution in [0, 0.1) is 5.41 Å². The van der Waals surface area contributed by atoms with Gasteiger partial charge in [-0.05, 0) is 66.1 Å². The van der Waals surface area contributed by atoms with E-state index in [1.165, 1.54) is 35.2 Å². The number of carbonyl (C=O) groups is 2. The van der Waals surface area contributed by atoms with E-state index in [0.717, 1.165) is 31.2 Å². The lowest BCUT2D eigenvalue weighted by Crippen LogP contribution is -2.39. The number of sulfone groups is 1. The maximum Gasteiger partial charge on any atom is 0.421 e. The van der Waals surface area contributed by atoms with Crippen molar-refractivity contribution in [3.8, 4) is 0 Å². The van der Waals surface area contributed by atoms with Crippen molar-refractivity contribution in [3.05, 3.63) is 59.2 Å². The van der Waals surface area contributed by atoms with Gasteiger partial charge in [0.25, 0.3) is 5.91 Å². The zero-order chi connectivity index (χ0) is 26.7. The van der Waals surface area contributed by atoms with Gasteiger partial charge >= 0.3 is 6.18 Å². The van der Waals surface area contributed by atoms with E-state index >= 15 is 0 Å². The van der Waals surface area contributed by atoms with Gasteiger partial charge < -0.3 is 15.3 Å². The molecule has 4 rings (SSSR count). The number of hydrogen-bond donors (Lipinski definition) is 2. The molecule has 2 aliphatic rings. The van der Waals surface area contributed by atoms with E-state index in [4.69, 9.17) is 0 Å². The normalized spacial score (nSPS) is 20.4. The molecule has 1 fully saturated rings. The molecule has 7 nitrogen and oxygen atoms in total. The average Bonchev–Trinajstić information content (AvgIpc) is 3.35. The van der Waals surface area contributed by atoms with Gasteiger partial charge in [0.2, 0.25) is 5.91 Å². The number of nitrogens with zero attached hydrogens (tertiary/aromatic N) is 1. The molecule has 0 radical (unpaired) electrons. The molecule has 2 amide bonds. The number of amides is 2. The molecule has 0 aromatic heterocycles. The summed E-state index contributed by atoms with van der Waals surface area (Å²) in [6.45, 7) is 2.70. The minimum atomic E-state index is -4.88. The van der Waals surface area contributed by atoms with Crippen molar-refractivity contribution in [1.82, 2.24) is 4.90 Å². The highest BCUT2D eigenvalue weighted by Gasteiger charge is 2.51. The monoisotopic (exact) mass is 524 g/mol. The van der Waals surface area contributed by atoms with E-state index in [9.17, 15) is 36.3 Å². The largest absolute Gasteiger partial charge is 0.421 e. The van der Waals surface area contributed by atoms with Crippen molar-refractivity contribution in [2.45, 2.75) is 62.4 Å². The van der Waals surface area contributed by atoms with Gasteiger partial charge in [0, 0.05) is 24.9 Å². The molecule has 1 aliphatic heterocycles. The molecule has 11 heteroatoms. The molecule has 0 saturated heterocycles. The molecule has 36 heavy (non-hydrogen) atoms. The van der Waals surface area contributed by atoms with E-state index in [0.29, 0.717) is 18.1 Å². The van der Waals surface area contributed by atoms with Gasteiger partial charge in [0.05, 0.1) is 4.90 Å². The zero-order valence-corrected chi connectivity index (χ0v) is 20.8. The number of aliphatic hydroxyl groups is 1. The van der Waals surface area contributed by atoms with Crippen LogP contribution in [0.4, 0.5) is 18.9 Å². The zero-order valence-electron chi connectivity index (χ0n) is 20.0. The molecule has 2 N–H and O–H groups in total. The molecule has 194 valence electrons. The van der Waals surface area contributed by atoms with Gasteiger partial charge in [-0.15, -0.1) is 0 Å². The summed E-state index contributed by atoms with van der Waals surface area (Å²) in [4.78, 5) is 28.0. The number of halogens is 3. The minimum absolute atomic E-state index is 0.0685. The summed E-state index contributed by atoms with van der Waals surface area (Å²) in [6.07, 6.45) is -1.74. The second kappa shape index (κ2) is 8.58. The summed E-state index contributed by atoms with van der Waals surface area (Å²) < 4.78 is 63.4. The Kier molecular flexibility index (Phi) is 6.24. The van der Waals surface area contributed by atoms with E-state index in [-0.39, 0.29) is 40.4 Å². The van der Waals surface area contributed by atoms with Crippen LogP contribution in [0.5, 0.6) is 0 Å². The summed E-state index contributed by atoms with van der Waals surface area (Å²) >= 11 is 0. The lowest BCUT2D eigenvalue weighted by molar-refractivity contribution is -0.258. The molecule has 0 bridgehead atoms. The predicted octanol–water partition coefficient (Wildman–Crippen LogP) is 4.07. The molecular formula is C25H27F3N2O5S. The number of rotatable bonds is 6. The first kappa shape index (κ1) is 26.2. The standard InChI is InChI=1S/C25H27F3N2O5S/c1-23(10-11-23)13-20(31)30-14-15-12-18(36(3,34)35)8-9-19(15)21(30)22(32)29-17-6-4-16(5-7-17)24(2,33)25(26,27)28/h4-9,12,21,33H,10-11,13-14H2,1-3H3,(H,29,32). The van der Waals surface area contributed by atoms with Gasteiger partial charge in [-0.3, -0.25) is 9.59 Å². The van der Waals surface area contributed by atoms with Crippen molar-refractivity contribution in [3.63, 3.8) is 0 Å². The van der Waals surface area contributed by atoms with Gasteiger partial charge in [0.15, 0.2) is 15.4 Å². The highest BCUT2D eigenvalue weighted by atomic mass is 32.2. The van der Waals surface area contributed by atoms with E-state index in [2.05, 4.69) is 5.32 Å². The average molecular weight is 525 g/mol. The Morgan fingerprint density at radius 1 is 1.14 bits per heavy atom. The van der Waals surface area contributed by atoms with Gasteiger partial charge in [-0.2, -0.15) is 13.2 Å². The summed E-state index contributed by atoms with van der Waals surface area (Å²) in [6, 6.07) is 7.97. The van der Waals surface area contributed by atoms with Crippen molar-refractivity contribution < 1.29 is 36.3 Å². The van der Waals surface area contributed by atoms with Crippen LogP contribution in [0.25, 0.3) is 0 Å². The lowest BCUT2D eigenvalue weighted by atomic mass is 9.95. The Balaban J connectivity index is 1.62. The third kappa shape index (κ3) is 4.99. The SMILES string of the molecule is CC1(CC(=O)N2Cc3cc(S(C)(=O)=O)ccc3C2C(=O)Nc2ccc(C(C)(O)C(F)(F)F)cc2)CC1. The highest BCUT2D eigenvalue weighted by Crippen LogP contribution is 2.49. The van der Waals surface area contributed by atoms with Crippen LogP contribution in [0.3, 0.4) is 0 Å². The quantitative estimate of drug-likeness (QED) is 0.593. The van der Waals surface area contributed by atoms with Gasteiger partial charge in [-0.25, -0.2) is 8.42 Å². The van der Waals surface area contributed by atoms with E-state index in [1.807, 2.05) is 6.92 Å². The molecule has 2 aromatic carbocycles. The van der Waals surface area contributed by atoms with Crippen LogP contribution in [0.1, 0.15) is 55.8 Å². The van der Waals surface area contributed by atoms with Gasteiger partial charge in [-0.1, -0.05) is 25.1 Å². The molecule has 1 saturated carbocycles. The fourth-order valence-corrected chi connectivity index (χ4v) is 4.95. The Morgan fingerprint density at radius 2 is 1.75 bits per heavy atom. The molecule has 1 heterocycles. The van der Waals surface area contributed by atoms with E-state index in [1.54, 1.807) is 0 Å². The first-order valence-electron chi connectivity index (χ1n) is 11.3. The number of nitrogens with one attached hydrogen (secondary N) is 1.